The van der Waals surface area contributed by atoms with Crippen LogP contribution in [0.2, 0.25) is 0 Å². The van der Waals surface area contributed by atoms with E-state index in [0.29, 0.717) is 11.6 Å². The monoisotopic (exact) mass is 702 g/mol. The fraction of sp³-hybridized carbons (Fsp3) is 0.450. The van der Waals surface area contributed by atoms with Crippen LogP contribution in [0.5, 0.6) is 0 Å². The number of nitrogens with one attached hydrogen (secondary N) is 2. The quantitative estimate of drug-likeness (QED) is 0.243. The molecule has 2 saturated heterocycles. The molecule has 52 heavy (non-hydrogen) atoms. The smallest absolute Gasteiger partial charge is 0.229 e. The first-order chi connectivity index (χ1) is 25.3. The van der Waals surface area contributed by atoms with E-state index in [-0.39, 0.29) is 36.5 Å². The highest BCUT2D eigenvalue weighted by Gasteiger charge is 2.27. The Bertz CT molecular complexity index is 1670. The molecule has 3 fully saturated rings. The maximum absolute atomic E-state index is 12.9. The molecule has 12 nitrogen and oxygen atoms in total. The highest BCUT2D eigenvalue weighted by molar-refractivity contribution is 5.92. The van der Waals surface area contributed by atoms with Crippen LogP contribution in [-0.4, -0.2) is 108 Å². The molecule has 12 heteroatoms. The van der Waals surface area contributed by atoms with Crippen molar-refractivity contribution >= 4 is 34.8 Å². The van der Waals surface area contributed by atoms with Crippen molar-refractivity contribution in [3.63, 3.8) is 0 Å². The standard InChI is InChI=1S/C40H50N10O2/c1-47-16-20-49(21-17-47)33-10-3-6-29(24-33)26-39(51)41-37-14-12-35(43-45-37)31-8-5-9-32(28-31)36-13-15-38(46-44-36)42-40(52)27-30-7-4-11-34(25-30)50-22-18-48(2)19-23-50/h3-4,6-7,10-15,24-25,31-32H,5,8-9,16-23,26-28H2,1-2H3,(H,41,45,51)(H,42,46,52). The molecule has 0 bridgehead atoms. The Labute approximate surface area is 306 Å². The molecular formula is C40H50N10O2. The van der Waals surface area contributed by atoms with Gasteiger partial charge in [-0.1, -0.05) is 30.7 Å². The minimum Gasteiger partial charge on any atom is -0.369 e. The molecule has 2 amide bonds. The summed E-state index contributed by atoms with van der Waals surface area (Å²) >= 11 is 0. The molecule has 2 unspecified atom stereocenters. The van der Waals surface area contributed by atoms with E-state index in [1.54, 1.807) is 0 Å². The van der Waals surface area contributed by atoms with Crippen LogP contribution in [0.25, 0.3) is 0 Å². The average Bonchev–Trinajstić information content (AvgIpc) is 3.16. The molecule has 2 atom stereocenters. The van der Waals surface area contributed by atoms with Gasteiger partial charge in [0.05, 0.1) is 24.2 Å². The van der Waals surface area contributed by atoms with E-state index in [1.165, 1.54) is 0 Å². The van der Waals surface area contributed by atoms with Gasteiger partial charge in [0.15, 0.2) is 11.6 Å². The molecule has 4 aromatic rings. The second kappa shape index (κ2) is 16.6. The van der Waals surface area contributed by atoms with Crippen molar-refractivity contribution in [1.82, 2.24) is 30.2 Å². The largest absolute Gasteiger partial charge is 0.369 e. The third-order valence-corrected chi connectivity index (χ3v) is 10.7. The number of hydrogen-bond acceptors (Lipinski definition) is 10. The Hall–Kier alpha value is -4.94. The number of rotatable bonds is 10. The molecule has 3 aliphatic rings. The van der Waals surface area contributed by atoms with E-state index in [9.17, 15) is 9.59 Å². The Morgan fingerprint density at radius 2 is 1.04 bits per heavy atom. The minimum absolute atomic E-state index is 0.107. The van der Waals surface area contributed by atoms with E-state index >= 15 is 0 Å². The molecule has 0 spiro atoms. The summed E-state index contributed by atoms with van der Waals surface area (Å²) in [6.07, 6.45) is 4.56. The molecule has 2 N–H and O–H groups in total. The SMILES string of the molecule is CN1CCN(c2cccc(CC(=O)Nc3ccc(C4CCCC(c5ccc(NC(=O)Cc6cccc(N7CCN(C)CC7)c6)nn5)C4)nn3)c2)CC1. The summed E-state index contributed by atoms with van der Waals surface area (Å²) in [5.74, 6) is 1.20. The maximum atomic E-state index is 12.9. The summed E-state index contributed by atoms with van der Waals surface area (Å²) in [6, 6.07) is 24.2. The number of likely N-dealkylation sites (N-methyl/N-ethyl adjacent to an activating group) is 2. The summed E-state index contributed by atoms with van der Waals surface area (Å²) < 4.78 is 0. The number of carbonyl (C=O) groups is 2. The Kier molecular flexibility index (Phi) is 11.3. The van der Waals surface area contributed by atoms with Gasteiger partial charge in [0.2, 0.25) is 11.8 Å². The van der Waals surface area contributed by atoms with Crippen molar-refractivity contribution in [3.05, 3.63) is 95.3 Å². The Balaban J connectivity index is 0.883. The van der Waals surface area contributed by atoms with Crippen molar-refractivity contribution in [2.45, 2.75) is 50.4 Å². The predicted octanol–water partition coefficient (Wildman–Crippen LogP) is 4.57. The molecule has 1 aliphatic carbocycles. The third-order valence-electron chi connectivity index (χ3n) is 10.7. The normalized spacial score (nSPS) is 20.0. The molecule has 1 saturated carbocycles. The maximum Gasteiger partial charge on any atom is 0.229 e. The number of anilines is 4. The molecule has 2 aromatic carbocycles. The van der Waals surface area contributed by atoms with Gasteiger partial charge in [-0.3, -0.25) is 9.59 Å². The molecule has 7 rings (SSSR count). The van der Waals surface area contributed by atoms with Crippen LogP contribution in [0.3, 0.4) is 0 Å². The van der Waals surface area contributed by atoms with Gasteiger partial charge in [-0.15, -0.1) is 10.2 Å². The molecular weight excluding hydrogens is 653 g/mol. The number of hydrogen-bond donors (Lipinski definition) is 2. The van der Waals surface area contributed by atoms with Crippen LogP contribution in [0, 0.1) is 0 Å². The van der Waals surface area contributed by atoms with Gasteiger partial charge in [0.1, 0.15) is 0 Å². The van der Waals surface area contributed by atoms with Gasteiger partial charge >= 0.3 is 0 Å². The summed E-state index contributed by atoms with van der Waals surface area (Å²) in [5.41, 5.74) is 6.14. The molecule has 2 aromatic heterocycles. The van der Waals surface area contributed by atoms with Gasteiger partial charge in [-0.2, -0.15) is 10.2 Å². The van der Waals surface area contributed by atoms with Gasteiger partial charge < -0.3 is 30.2 Å². The first-order valence-corrected chi connectivity index (χ1v) is 18.7. The fourth-order valence-corrected chi connectivity index (χ4v) is 7.58. The van der Waals surface area contributed by atoms with Crippen molar-refractivity contribution in [2.75, 3.05) is 86.9 Å². The highest BCUT2D eigenvalue weighted by atomic mass is 16.2. The number of aromatic nitrogens is 4. The lowest BCUT2D eigenvalue weighted by Crippen LogP contribution is -2.44. The van der Waals surface area contributed by atoms with Crippen LogP contribution in [0.15, 0.2) is 72.8 Å². The highest BCUT2D eigenvalue weighted by Crippen LogP contribution is 2.40. The van der Waals surface area contributed by atoms with Crippen molar-refractivity contribution in [2.24, 2.45) is 0 Å². The Morgan fingerprint density at radius 3 is 1.44 bits per heavy atom. The van der Waals surface area contributed by atoms with Crippen LogP contribution in [-0.2, 0) is 22.4 Å². The lowest BCUT2D eigenvalue weighted by molar-refractivity contribution is -0.116. The second-order valence-electron chi connectivity index (χ2n) is 14.6. The lowest BCUT2D eigenvalue weighted by Gasteiger charge is -2.34. The third kappa shape index (κ3) is 9.29. The molecule has 4 heterocycles. The number of carbonyl (C=O) groups excluding carboxylic acids is 2. The minimum atomic E-state index is -0.107. The predicted molar refractivity (Wildman–Crippen MR) is 205 cm³/mol. The molecule has 272 valence electrons. The van der Waals surface area contributed by atoms with Gasteiger partial charge in [-0.25, -0.2) is 0 Å². The second-order valence-corrected chi connectivity index (χ2v) is 14.6. The lowest BCUT2D eigenvalue weighted by atomic mass is 9.78. The Morgan fingerprint density at radius 1 is 0.596 bits per heavy atom. The zero-order valence-corrected chi connectivity index (χ0v) is 30.4. The van der Waals surface area contributed by atoms with E-state index in [2.05, 4.69) is 89.0 Å². The van der Waals surface area contributed by atoms with Crippen molar-refractivity contribution < 1.29 is 9.59 Å². The molecule has 0 radical (unpaired) electrons. The summed E-state index contributed by atoms with van der Waals surface area (Å²) in [5, 5.41) is 23.6. The molecule has 2 aliphatic heterocycles. The van der Waals surface area contributed by atoms with Crippen LogP contribution in [0.4, 0.5) is 23.0 Å². The van der Waals surface area contributed by atoms with Crippen LogP contribution in [0.1, 0.15) is 60.0 Å². The zero-order chi connectivity index (χ0) is 35.9. The van der Waals surface area contributed by atoms with Gasteiger partial charge in [-0.05, 0) is 93.0 Å². The number of benzene rings is 2. The number of piperazine rings is 2. The van der Waals surface area contributed by atoms with Crippen LogP contribution >= 0.6 is 0 Å². The zero-order valence-electron chi connectivity index (χ0n) is 30.4. The van der Waals surface area contributed by atoms with E-state index in [0.717, 1.165) is 112 Å². The first-order valence-electron chi connectivity index (χ1n) is 18.7. The van der Waals surface area contributed by atoms with E-state index in [1.807, 2.05) is 48.5 Å². The summed E-state index contributed by atoms with van der Waals surface area (Å²) in [6.45, 7) is 8.11. The summed E-state index contributed by atoms with van der Waals surface area (Å²) in [4.78, 5) is 35.2. The summed E-state index contributed by atoms with van der Waals surface area (Å²) in [7, 11) is 4.30. The van der Waals surface area contributed by atoms with E-state index < -0.39 is 0 Å². The van der Waals surface area contributed by atoms with Crippen LogP contribution < -0.4 is 20.4 Å². The van der Waals surface area contributed by atoms with Gasteiger partial charge in [0, 0.05) is 75.6 Å². The topological polar surface area (TPSA) is 123 Å². The van der Waals surface area contributed by atoms with Gasteiger partial charge in [0.25, 0.3) is 0 Å². The fourth-order valence-electron chi connectivity index (χ4n) is 7.58. The average molecular weight is 703 g/mol. The first kappa shape index (κ1) is 35.5. The van der Waals surface area contributed by atoms with Crippen molar-refractivity contribution in [1.29, 1.82) is 0 Å². The van der Waals surface area contributed by atoms with Crippen molar-refractivity contribution in [3.8, 4) is 0 Å². The van der Waals surface area contributed by atoms with E-state index in [4.69, 9.17) is 0 Å². The number of amides is 2. The number of nitrogens with zero attached hydrogens (tertiary/aromatic N) is 8.